The lowest BCUT2D eigenvalue weighted by molar-refractivity contribution is 0.0816. The van der Waals surface area contributed by atoms with Crippen LogP contribution in [0.2, 0.25) is 0 Å². The van der Waals surface area contributed by atoms with Gasteiger partial charge in [0.2, 0.25) is 17.3 Å². The molecular formula is C18H18O6. The van der Waals surface area contributed by atoms with Gasteiger partial charge in [-0.2, -0.15) is 0 Å². The van der Waals surface area contributed by atoms with Crippen molar-refractivity contribution in [1.29, 1.82) is 0 Å². The van der Waals surface area contributed by atoms with E-state index in [1.807, 2.05) is 0 Å². The van der Waals surface area contributed by atoms with Gasteiger partial charge in [-0.3, -0.25) is 9.59 Å². The lowest BCUT2D eigenvalue weighted by Gasteiger charge is -2.13. The molecule has 24 heavy (non-hydrogen) atoms. The van der Waals surface area contributed by atoms with Crippen LogP contribution in [0.1, 0.15) is 20.7 Å². The molecule has 2 aromatic carbocycles. The van der Waals surface area contributed by atoms with E-state index in [4.69, 9.17) is 18.9 Å². The lowest BCUT2D eigenvalue weighted by atomic mass is 10.0. The summed E-state index contributed by atoms with van der Waals surface area (Å²) < 4.78 is 20.6. The molecule has 0 radical (unpaired) electrons. The first-order valence-corrected chi connectivity index (χ1v) is 7.08. The van der Waals surface area contributed by atoms with Gasteiger partial charge in [-0.05, 0) is 36.4 Å². The Balaban J connectivity index is 2.39. The molecule has 6 heteroatoms. The first-order valence-electron chi connectivity index (χ1n) is 7.08. The third-order valence-corrected chi connectivity index (χ3v) is 3.49. The molecule has 2 rings (SSSR count). The molecule has 0 saturated heterocycles. The van der Waals surface area contributed by atoms with Crippen LogP contribution >= 0.6 is 0 Å². The molecule has 0 amide bonds. The van der Waals surface area contributed by atoms with Crippen LogP contribution in [0, 0.1) is 0 Å². The molecule has 0 fully saturated rings. The second-order valence-electron chi connectivity index (χ2n) is 4.80. The Labute approximate surface area is 139 Å². The third-order valence-electron chi connectivity index (χ3n) is 3.49. The van der Waals surface area contributed by atoms with E-state index >= 15 is 0 Å². The summed E-state index contributed by atoms with van der Waals surface area (Å²) in [7, 11) is 5.87. The zero-order valence-electron chi connectivity index (χ0n) is 13.9. The highest BCUT2D eigenvalue weighted by Crippen LogP contribution is 2.38. The van der Waals surface area contributed by atoms with Crippen LogP contribution in [-0.4, -0.2) is 40.0 Å². The number of benzene rings is 2. The summed E-state index contributed by atoms with van der Waals surface area (Å²) in [6.07, 6.45) is 0. The summed E-state index contributed by atoms with van der Waals surface area (Å²) in [4.78, 5) is 24.9. The minimum absolute atomic E-state index is 0.158. The highest BCUT2D eigenvalue weighted by atomic mass is 16.5. The Morgan fingerprint density at radius 2 is 1.17 bits per heavy atom. The largest absolute Gasteiger partial charge is 0.497 e. The normalized spacial score (nSPS) is 10.0. The van der Waals surface area contributed by atoms with Crippen LogP contribution in [0.4, 0.5) is 0 Å². The van der Waals surface area contributed by atoms with Crippen molar-refractivity contribution in [2.75, 3.05) is 28.4 Å². The molecule has 0 unspecified atom stereocenters. The molecule has 0 aliphatic carbocycles. The molecule has 0 N–H and O–H groups in total. The first kappa shape index (κ1) is 17.3. The summed E-state index contributed by atoms with van der Waals surface area (Å²) in [5.74, 6) is 0.275. The van der Waals surface area contributed by atoms with E-state index in [9.17, 15) is 9.59 Å². The fraction of sp³-hybridized carbons (Fsp3) is 0.222. The van der Waals surface area contributed by atoms with E-state index in [-0.39, 0.29) is 11.1 Å². The van der Waals surface area contributed by atoms with Crippen molar-refractivity contribution in [3.05, 3.63) is 47.5 Å². The van der Waals surface area contributed by atoms with Gasteiger partial charge in [0.05, 0.1) is 28.4 Å². The zero-order valence-corrected chi connectivity index (χ0v) is 13.9. The Morgan fingerprint density at radius 1 is 0.667 bits per heavy atom. The van der Waals surface area contributed by atoms with E-state index in [2.05, 4.69) is 0 Å². The number of rotatable bonds is 7. The van der Waals surface area contributed by atoms with Crippen LogP contribution in [-0.2, 0) is 0 Å². The quantitative estimate of drug-likeness (QED) is 0.574. The van der Waals surface area contributed by atoms with Crippen LogP contribution < -0.4 is 18.9 Å². The predicted molar refractivity (Wildman–Crippen MR) is 87.8 cm³/mol. The lowest BCUT2D eigenvalue weighted by Crippen LogP contribution is -2.15. The molecule has 0 bridgehead atoms. The maximum absolute atomic E-state index is 12.5. The summed E-state index contributed by atoms with van der Waals surface area (Å²) in [6.45, 7) is 0. The average molecular weight is 330 g/mol. The first-order chi connectivity index (χ1) is 11.5. The monoisotopic (exact) mass is 330 g/mol. The van der Waals surface area contributed by atoms with E-state index in [0.29, 0.717) is 23.0 Å². The molecule has 0 saturated carbocycles. The highest BCUT2D eigenvalue weighted by Gasteiger charge is 2.22. The molecule has 0 aliphatic heterocycles. The van der Waals surface area contributed by atoms with Crippen molar-refractivity contribution >= 4 is 11.6 Å². The molecule has 2 aromatic rings. The van der Waals surface area contributed by atoms with E-state index < -0.39 is 11.6 Å². The van der Waals surface area contributed by atoms with Gasteiger partial charge >= 0.3 is 0 Å². The standard InChI is InChI=1S/C18H18O6/c1-21-13-7-5-11(6-8-13)16(19)17(20)12-9-14(22-2)18(24-4)15(10-12)23-3/h5-10H,1-4H3. The number of carbonyl (C=O) groups excluding carboxylic acids is 2. The van der Waals surface area contributed by atoms with Crippen molar-refractivity contribution < 1.29 is 28.5 Å². The summed E-state index contributed by atoms with van der Waals surface area (Å²) in [5.41, 5.74) is 0.430. The molecule has 0 aliphatic rings. The summed E-state index contributed by atoms with van der Waals surface area (Å²) in [6, 6.07) is 9.22. The van der Waals surface area contributed by atoms with Gasteiger partial charge in [-0.25, -0.2) is 0 Å². The molecule has 0 spiro atoms. The molecule has 0 aromatic heterocycles. The Bertz CT molecular complexity index is 724. The van der Waals surface area contributed by atoms with Crippen LogP contribution in [0.15, 0.2) is 36.4 Å². The van der Waals surface area contributed by atoms with E-state index in [1.165, 1.54) is 52.7 Å². The molecular weight excluding hydrogens is 312 g/mol. The van der Waals surface area contributed by atoms with Crippen molar-refractivity contribution in [2.45, 2.75) is 0 Å². The van der Waals surface area contributed by atoms with E-state index in [0.717, 1.165) is 0 Å². The van der Waals surface area contributed by atoms with E-state index in [1.54, 1.807) is 12.1 Å². The van der Waals surface area contributed by atoms with Gasteiger partial charge in [0.25, 0.3) is 0 Å². The smallest absolute Gasteiger partial charge is 0.233 e. The van der Waals surface area contributed by atoms with Gasteiger partial charge in [0.15, 0.2) is 11.5 Å². The van der Waals surface area contributed by atoms with Gasteiger partial charge in [-0.1, -0.05) is 0 Å². The fourth-order valence-electron chi connectivity index (χ4n) is 2.22. The number of Topliss-reactive ketones (excluding diaryl/α,β-unsaturated/α-hetero) is 2. The number of carbonyl (C=O) groups is 2. The molecule has 126 valence electrons. The third kappa shape index (κ3) is 3.32. The number of ketones is 2. The van der Waals surface area contributed by atoms with Gasteiger partial charge in [0, 0.05) is 11.1 Å². The van der Waals surface area contributed by atoms with Crippen LogP contribution in [0.5, 0.6) is 23.0 Å². The summed E-state index contributed by atoms with van der Waals surface area (Å²) in [5, 5.41) is 0. The number of hydrogen-bond donors (Lipinski definition) is 0. The fourth-order valence-corrected chi connectivity index (χ4v) is 2.22. The van der Waals surface area contributed by atoms with Gasteiger partial charge < -0.3 is 18.9 Å². The van der Waals surface area contributed by atoms with Crippen molar-refractivity contribution in [2.24, 2.45) is 0 Å². The maximum atomic E-state index is 12.5. The van der Waals surface area contributed by atoms with Crippen LogP contribution in [0.25, 0.3) is 0 Å². The average Bonchev–Trinajstić information content (AvgIpc) is 2.65. The zero-order chi connectivity index (χ0) is 17.7. The topological polar surface area (TPSA) is 71.1 Å². The Kier molecular flexibility index (Phi) is 5.42. The van der Waals surface area contributed by atoms with Gasteiger partial charge in [0.1, 0.15) is 5.75 Å². The number of ether oxygens (including phenoxy) is 4. The second-order valence-corrected chi connectivity index (χ2v) is 4.80. The van der Waals surface area contributed by atoms with Crippen molar-refractivity contribution in [3.8, 4) is 23.0 Å². The maximum Gasteiger partial charge on any atom is 0.233 e. The Hall–Kier alpha value is -3.02. The molecule has 0 atom stereocenters. The molecule has 6 nitrogen and oxygen atoms in total. The highest BCUT2D eigenvalue weighted by molar-refractivity contribution is 6.49. The minimum atomic E-state index is -0.667. The number of hydrogen-bond acceptors (Lipinski definition) is 6. The van der Waals surface area contributed by atoms with Crippen molar-refractivity contribution in [3.63, 3.8) is 0 Å². The minimum Gasteiger partial charge on any atom is -0.497 e. The number of methoxy groups -OCH3 is 4. The summed E-state index contributed by atoms with van der Waals surface area (Å²) >= 11 is 0. The predicted octanol–water partition coefficient (Wildman–Crippen LogP) is 2.79. The van der Waals surface area contributed by atoms with Crippen LogP contribution in [0.3, 0.4) is 0 Å². The second kappa shape index (κ2) is 7.50. The molecule has 0 heterocycles. The van der Waals surface area contributed by atoms with Gasteiger partial charge in [-0.15, -0.1) is 0 Å². The Morgan fingerprint density at radius 3 is 1.58 bits per heavy atom. The SMILES string of the molecule is COc1ccc(C(=O)C(=O)c2cc(OC)c(OC)c(OC)c2)cc1. The van der Waals surface area contributed by atoms with Crippen molar-refractivity contribution in [1.82, 2.24) is 0 Å².